The molecular formula is C20H23BrN2O5S. The van der Waals surface area contributed by atoms with E-state index in [1.807, 2.05) is 0 Å². The number of carbonyl (C=O) groups excluding carboxylic acids is 1. The molecule has 9 heteroatoms. The molecule has 1 aliphatic heterocycles. The second-order valence-electron chi connectivity index (χ2n) is 6.64. The largest absolute Gasteiger partial charge is 0.497 e. The Kier molecular flexibility index (Phi) is 6.81. The molecule has 0 saturated carbocycles. The van der Waals surface area contributed by atoms with Gasteiger partial charge in [0, 0.05) is 17.1 Å². The van der Waals surface area contributed by atoms with Crippen LogP contribution in [-0.2, 0) is 14.8 Å². The number of nitrogens with zero attached hydrogens (tertiary/aromatic N) is 1. The van der Waals surface area contributed by atoms with Crippen molar-refractivity contribution >= 4 is 37.5 Å². The van der Waals surface area contributed by atoms with Gasteiger partial charge in [-0.05, 0) is 49.2 Å². The summed E-state index contributed by atoms with van der Waals surface area (Å²) in [6.07, 6.45) is 1.94. The molecule has 2 aromatic rings. The molecule has 1 N–H and O–H groups in total. The third-order valence-corrected chi connectivity index (χ3v) is 7.29. The SMILES string of the molecule is COc1ccc(OC)c(NC(=O)C2CCCCN2S(=O)(=O)c2ccc(Br)cc2)c1. The first-order valence-electron chi connectivity index (χ1n) is 9.17. The van der Waals surface area contributed by atoms with Gasteiger partial charge in [0.15, 0.2) is 0 Å². The Balaban J connectivity index is 1.88. The highest BCUT2D eigenvalue weighted by atomic mass is 79.9. The molecule has 0 radical (unpaired) electrons. The number of methoxy groups -OCH3 is 2. The van der Waals surface area contributed by atoms with Crippen LogP contribution in [0.1, 0.15) is 19.3 Å². The Morgan fingerprint density at radius 1 is 1.10 bits per heavy atom. The van der Waals surface area contributed by atoms with E-state index in [-0.39, 0.29) is 4.90 Å². The average molecular weight is 483 g/mol. The van der Waals surface area contributed by atoms with E-state index < -0.39 is 22.0 Å². The first-order valence-corrected chi connectivity index (χ1v) is 11.4. The second kappa shape index (κ2) is 9.15. The number of amides is 1. The number of hydrogen-bond donors (Lipinski definition) is 1. The number of rotatable bonds is 6. The van der Waals surface area contributed by atoms with Crippen LogP contribution in [0.5, 0.6) is 11.5 Å². The van der Waals surface area contributed by atoms with Crippen LogP contribution in [0.15, 0.2) is 51.8 Å². The Bertz CT molecular complexity index is 979. The highest BCUT2D eigenvalue weighted by molar-refractivity contribution is 9.10. The third-order valence-electron chi connectivity index (χ3n) is 4.84. The minimum Gasteiger partial charge on any atom is -0.497 e. The predicted molar refractivity (Wildman–Crippen MR) is 114 cm³/mol. The van der Waals surface area contributed by atoms with E-state index >= 15 is 0 Å². The Hall–Kier alpha value is -2.10. The molecule has 156 valence electrons. The quantitative estimate of drug-likeness (QED) is 0.678. The Morgan fingerprint density at radius 3 is 2.48 bits per heavy atom. The summed E-state index contributed by atoms with van der Waals surface area (Å²) in [5, 5.41) is 2.81. The Labute approximate surface area is 179 Å². The van der Waals surface area contributed by atoms with Crippen LogP contribution < -0.4 is 14.8 Å². The van der Waals surface area contributed by atoms with Crippen LogP contribution in [0.25, 0.3) is 0 Å². The number of ether oxygens (including phenoxy) is 2. The second-order valence-corrected chi connectivity index (χ2v) is 9.44. The van der Waals surface area contributed by atoms with Crippen LogP contribution in [0.4, 0.5) is 5.69 Å². The fourth-order valence-corrected chi connectivity index (χ4v) is 5.25. The maximum Gasteiger partial charge on any atom is 0.243 e. The van der Waals surface area contributed by atoms with Gasteiger partial charge in [-0.2, -0.15) is 4.31 Å². The van der Waals surface area contributed by atoms with Crippen LogP contribution in [0.3, 0.4) is 0 Å². The lowest BCUT2D eigenvalue weighted by atomic mass is 10.0. The average Bonchev–Trinajstić information content (AvgIpc) is 2.74. The normalized spacial score (nSPS) is 17.6. The van der Waals surface area contributed by atoms with Gasteiger partial charge in [-0.1, -0.05) is 22.4 Å². The van der Waals surface area contributed by atoms with Crippen molar-refractivity contribution in [2.24, 2.45) is 0 Å². The Morgan fingerprint density at radius 2 is 1.83 bits per heavy atom. The maximum absolute atomic E-state index is 13.2. The number of hydrogen-bond acceptors (Lipinski definition) is 5. The zero-order chi connectivity index (χ0) is 21.0. The number of sulfonamides is 1. The first-order chi connectivity index (χ1) is 13.9. The van der Waals surface area contributed by atoms with Gasteiger partial charge in [-0.15, -0.1) is 0 Å². The van der Waals surface area contributed by atoms with Crippen molar-refractivity contribution in [2.75, 3.05) is 26.1 Å². The fourth-order valence-electron chi connectivity index (χ4n) is 3.32. The summed E-state index contributed by atoms with van der Waals surface area (Å²) >= 11 is 3.31. The number of carbonyl (C=O) groups is 1. The molecular weight excluding hydrogens is 460 g/mol. The monoisotopic (exact) mass is 482 g/mol. The molecule has 1 saturated heterocycles. The van der Waals surface area contributed by atoms with Gasteiger partial charge in [-0.3, -0.25) is 4.79 Å². The molecule has 0 bridgehead atoms. The number of halogens is 1. The summed E-state index contributed by atoms with van der Waals surface area (Å²) in [4.78, 5) is 13.2. The van der Waals surface area contributed by atoms with Crippen molar-refractivity contribution in [3.63, 3.8) is 0 Å². The zero-order valence-electron chi connectivity index (χ0n) is 16.2. The molecule has 2 aromatic carbocycles. The number of anilines is 1. The summed E-state index contributed by atoms with van der Waals surface area (Å²) in [6, 6.07) is 10.7. The minimum atomic E-state index is -3.80. The topological polar surface area (TPSA) is 84.9 Å². The molecule has 7 nitrogen and oxygen atoms in total. The molecule has 0 spiro atoms. The van der Waals surface area contributed by atoms with E-state index in [0.717, 1.165) is 10.9 Å². The summed E-state index contributed by atoms with van der Waals surface area (Å²) in [7, 11) is -0.767. The van der Waals surface area contributed by atoms with Gasteiger partial charge in [0.1, 0.15) is 17.5 Å². The lowest BCUT2D eigenvalue weighted by Gasteiger charge is -2.33. The molecule has 1 heterocycles. The summed E-state index contributed by atoms with van der Waals surface area (Å²) in [5.41, 5.74) is 0.434. The molecule has 3 rings (SSSR count). The summed E-state index contributed by atoms with van der Waals surface area (Å²) in [5.74, 6) is 0.637. The molecule has 0 aliphatic carbocycles. The van der Waals surface area contributed by atoms with E-state index in [0.29, 0.717) is 36.6 Å². The van der Waals surface area contributed by atoms with Crippen LogP contribution in [0, 0.1) is 0 Å². The molecule has 1 atom stereocenters. The van der Waals surface area contributed by atoms with Gasteiger partial charge in [-0.25, -0.2) is 8.42 Å². The third kappa shape index (κ3) is 4.73. The van der Waals surface area contributed by atoms with E-state index in [1.54, 1.807) is 30.3 Å². The molecule has 29 heavy (non-hydrogen) atoms. The van der Waals surface area contributed by atoms with E-state index in [4.69, 9.17) is 9.47 Å². The smallest absolute Gasteiger partial charge is 0.243 e. The van der Waals surface area contributed by atoms with Crippen molar-refractivity contribution in [3.8, 4) is 11.5 Å². The van der Waals surface area contributed by atoms with Gasteiger partial charge >= 0.3 is 0 Å². The molecule has 1 aliphatic rings. The lowest BCUT2D eigenvalue weighted by Crippen LogP contribution is -2.49. The van der Waals surface area contributed by atoms with E-state index in [2.05, 4.69) is 21.2 Å². The number of benzene rings is 2. The van der Waals surface area contributed by atoms with E-state index in [9.17, 15) is 13.2 Å². The van der Waals surface area contributed by atoms with Crippen LogP contribution in [-0.4, -0.2) is 45.4 Å². The highest BCUT2D eigenvalue weighted by Gasteiger charge is 2.37. The predicted octanol–water partition coefficient (Wildman–Crippen LogP) is 3.65. The molecule has 1 unspecified atom stereocenters. The molecule has 1 fully saturated rings. The zero-order valence-corrected chi connectivity index (χ0v) is 18.6. The highest BCUT2D eigenvalue weighted by Crippen LogP contribution is 2.31. The van der Waals surface area contributed by atoms with Crippen LogP contribution in [0.2, 0.25) is 0 Å². The fraction of sp³-hybridized carbons (Fsp3) is 0.350. The lowest BCUT2D eigenvalue weighted by molar-refractivity contribution is -0.120. The summed E-state index contributed by atoms with van der Waals surface area (Å²) < 4.78 is 38.9. The molecule has 0 aromatic heterocycles. The summed E-state index contributed by atoms with van der Waals surface area (Å²) in [6.45, 7) is 0.297. The van der Waals surface area contributed by atoms with Crippen molar-refractivity contribution in [1.29, 1.82) is 0 Å². The van der Waals surface area contributed by atoms with E-state index in [1.165, 1.54) is 30.7 Å². The van der Waals surface area contributed by atoms with Crippen molar-refractivity contribution in [3.05, 3.63) is 46.9 Å². The van der Waals surface area contributed by atoms with Gasteiger partial charge < -0.3 is 14.8 Å². The van der Waals surface area contributed by atoms with Crippen LogP contribution >= 0.6 is 15.9 Å². The molecule has 1 amide bonds. The number of piperidine rings is 1. The van der Waals surface area contributed by atoms with Gasteiger partial charge in [0.25, 0.3) is 0 Å². The van der Waals surface area contributed by atoms with Crippen molar-refractivity contribution < 1.29 is 22.7 Å². The van der Waals surface area contributed by atoms with Crippen molar-refractivity contribution in [2.45, 2.75) is 30.2 Å². The minimum absolute atomic E-state index is 0.166. The first kappa shape index (κ1) is 21.6. The van der Waals surface area contributed by atoms with Gasteiger partial charge in [0.2, 0.25) is 15.9 Å². The maximum atomic E-state index is 13.2. The van der Waals surface area contributed by atoms with Gasteiger partial charge in [0.05, 0.1) is 24.8 Å². The number of nitrogens with one attached hydrogen (secondary N) is 1. The van der Waals surface area contributed by atoms with Crippen molar-refractivity contribution in [1.82, 2.24) is 4.31 Å². The standard InChI is InChI=1S/C20H23BrN2O5S/c1-27-15-8-11-19(28-2)17(13-15)22-20(24)18-5-3-4-12-23(18)29(25,26)16-9-6-14(21)7-10-16/h6-11,13,18H,3-5,12H2,1-2H3,(H,22,24).